The molecule has 1 atom stereocenters. The Bertz CT molecular complexity index is 1050. The molecular weight excluding hydrogens is 404 g/mol. The second-order valence-electron chi connectivity index (χ2n) is 7.78. The van der Waals surface area contributed by atoms with Gasteiger partial charge in [0.1, 0.15) is 5.82 Å². The van der Waals surface area contributed by atoms with Gasteiger partial charge in [0.15, 0.2) is 0 Å². The molecule has 29 heavy (non-hydrogen) atoms. The van der Waals surface area contributed by atoms with E-state index in [1.165, 1.54) is 9.21 Å². The number of sulfonamides is 1. The molecule has 1 aromatic carbocycles. The average molecular weight is 427 g/mol. The molecule has 3 heterocycles. The lowest BCUT2D eigenvalue weighted by molar-refractivity contribution is -0.127. The van der Waals surface area contributed by atoms with E-state index in [9.17, 15) is 22.0 Å². The number of likely N-dealkylation sites (tertiary alicyclic amines) is 1. The first kappa shape index (κ1) is 20.2. The summed E-state index contributed by atoms with van der Waals surface area (Å²) in [5.74, 6) is -2.85. The minimum Gasteiger partial charge on any atom is -0.348 e. The van der Waals surface area contributed by atoms with Crippen molar-refractivity contribution < 1.29 is 22.0 Å². The van der Waals surface area contributed by atoms with Gasteiger partial charge in [-0.25, -0.2) is 22.2 Å². The quantitative estimate of drug-likeness (QED) is 0.753. The molecule has 8 nitrogen and oxygen atoms in total. The van der Waals surface area contributed by atoms with E-state index in [1.54, 1.807) is 0 Å². The summed E-state index contributed by atoms with van der Waals surface area (Å²) in [4.78, 5) is 18.6. The van der Waals surface area contributed by atoms with E-state index in [1.807, 2.05) is 35.9 Å². The number of fused-ring (bicyclic) bond motifs is 1. The number of aryl methyl sites for hydroxylation is 1. The SMILES string of the molecule is Cn1c(CNC(=O)[C@@H]2CC(F)(F)CN2C2CN(S(C)(=O)=O)C2)nc2ccccc21. The molecule has 1 aromatic heterocycles. The molecule has 1 N–H and O–H groups in total. The zero-order valence-corrected chi connectivity index (χ0v) is 17.0. The molecule has 0 aliphatic carbocycles. The fraction of sp³-hybridized carbons (Fsp3) is 0.556. The summed E-state index contributed by atoms with van der Waals surface area (Å²) in [6.45, 7) is -0.160. The van der Waals surface area contributed by atoms with Crippen LogP contribution in [0.2, 0.25) is 0 Å². The number of halogens is 2. The molecule has 0 spiro atoms. The van der Waals surface area contributed by atoms with Gasteiger partial charge in [0, 0.05) is 32.6 Å². The summed E-state index contributed by atoms with van der Waals surface area (Å²) in [7, 11) is -1.52. The van der Waals surface area contributed by atoms with E-state index < -0.39 is 40.9 Å². The first-order chi connectivity index (χ1) is 13.5. The molecule has 1 amide bonds. The lowest BCUT2D eigenvalue weighted by Crippen LogP contribution is -2.63. The molecule has 2 aliphatic rings. The number of aromatic nitrogens is 2. The number of nitrogens with zero attached hydrogens (tertiary/aromatic N) is 4. The van der Waals surface area contributed by atoms with Crippen molar-refractivity contribution in [1.82, 2.24) is 24.1 Å². The third kappa shape index (κ3) is 3.86. The number of alkyl halides is 2. The molecule has 2 aliphatic heterocycles. The van der Waals surface area contributed by atoms with Crippen LogP contribution in [-0.4, -0.2) is 77.0 Å². The molecular formula is C18H23F2N5O3S. The van der Waals surface area contributed by atoms with Crippen molar-refractivity contribution in [3.63, 3.8) is 0 Å². The second kappa shape index (κ2) is 6.99. The zero-order valence-electron chi connectivity index (χ0n) is 16.2. The Morgan fingerprint density at radius 1 is 1.31 bits per heavy atom. The van der Waals surface area contributed by atoms with Crippen LogP contribution < -0.4 is 5.32 Å². The number of imidazole rings is 1. The van der Waals surface area contributed by atoms with E-state index >= 15 is 0 Å². The van der Waals surface area contributed by atoms with E-state index in [2.05, 4.69) is 10.3 Å². The largest absolute Gasteiger partial charge is 0.348 e. The lowest BCUT2D eigenvalue weighted by atomic mass is 10.1. The summed E-state index contributed by atoms with van der Waals surface area (Å²) < 4.78 is 54.3. The van der Waals surface area contributed by atoms with Crippen LogP contribution in [0.1, 0.15) is 12.2 Å². The van der Waals surface area contributed by atoms with Crippen molar-refractivity contribution in [2.75, 3.05) is 25.9 Å². The van der Waals surface area contributed by atoms with Crippen LogP contribution in [0.5, 0.6) is 0 Å². The number of carbonyl (C=O) groups excluding carboxylic acids is 1. The number of carbonyl (C=O) groups is 1. The summed E-state index contributed by atoms with van der Waals surface area (Å²) in [5, 5.41) is 2.73. The highest BCUT2D eigenvalue weighted by Crippen LogP contribution is 2.36. The minimum absolute atomic E-state index is 0.125. The van der Waals surface area contributed by atoms with E-state index in [-0.39, 0.29) is 25.7 Å². The monoisotopic (exact) mass is 427 g/mol. The molecule has 158 valence electrons. The molecule has 2 aromatic rings. The molecule has 11 heteroatoms. The topological polar surface area (TPSA) is 87.5 Å². The van der Waals surface area contributed by atoms with Crippen LogP contribution in [0.15, 0.2) is 24.3 Å². The Hall–Kier alpha value is -2.11. The van der Waals surface area contributed by atoms with Crippen molar-refractivity contribution in [3.05, 3.63) is 30.1 Å². The van der Waals surface area contributed by atoms with Gasteiger partial charge in [0.2, 0.25) is 15.9 Å². The molecule has 4 rings (SSSR count). The predicted octanol–water partition coefficient (Wildman–Crippen LogP) is 0.543. The molecule has 2 saturated heterocycles. The van der Waals surface area contributed by atoms with Crippen molar-refractivity contribution in [1.29, 1.82) is 0 Å². The number of nitrogens with one attached hydrogen (secondary N) is 1. The molecule has 2 fully saturated rings. The highest BCUT2D eigenvalue weighted by Gasteiger charge is 2.53. The van der Waals surface area contributed by atoms with Crippen LogP contribution in [-0.2, 0) is 28.4 Å². The van der Waals surface area contributed by atoms with Gasteiger partial charge < -0.3 is 9.88 Å². The summed E-state index contributed by atoms with van der Waals surface area (Å²) in [6, 6.07) is 6.16. The van der Waals surface area contributed by atoms with Crippen molar-refractivity contribution in [3.8, 4) is 0 Å². The summed E-state index contributed by atoms with van der Waals surface area (Å²) in [5.41, 5.74) is 1.71. The average Bonchev–Trinajstić information content (AvgIpc) is 3.07. The Kier molecular flexibility index (Phi) is 4.87. The lowest BCUT2D eigenvalue weighted by Gasteiger charge is -2.44. The fourth-order valence-electron chi connectivity index (χ4n) is 4.00. The normalized spacial score (nSPS) is 23.4. The zero-order chi connectivity index (χ0) is 21.0. The van der Waals surface area contributed by atoms with Crippen LogP contribution in [0, 0.1) is 0 Å². The molecule has 0 unspecified atom stereocenters. The first-order valence-electron chi connectivity index (χ1n) is 9.32. The highest BCUT2D eigenvalue weighted by atomic mass is 32.2. The van der Waals surface area contributed by atoms with E-state index in [0.29, 0.717) is 5.82 Å². The molecule has 0 saturated carbocycles. The second-order valence-corrected chi connectivity index (χ2v) is 9.76. The standard InChI is InChI=1S/C18H23F2N5O3S/c1-23-14-6-4-3-5-13(14)22-16(23)8-21-17(26)15-7-18(19,20)11-25(15)12-9-24(10-12)29(2,27)28/h3-6,12,15H,7-11H2,1-2H3,(H,21,26)/t15-/m0/s1. The van der Waals surface area contributed by atoms with Gasteiger partial charge in [0.05, 0.1) is 36.4 Å². The van der Waals surface area contributed by atoms with Gasteiger partial charge in [-0.05, 0) is 12.1 Å². The van der Waals surface area contributed by atoms with Crippen LogP contribution in [0.4, 0.5) is 8.78 Å². The van der Waals surface area contributed by atoms with Gasteiger partial charge in [-0.3, -0.25) is 9.69 Å². The number of amides is 1. The number of hydrogen-bond donors (Lipinski definition) is 1. The van der Waals surface area contributed by atoms with Gasteiger partial charge in [-0.1, -0.05) is 12.1 Å². The summed E-state index contributed by atoms with van der Waals surface area (Å²) >= 11 is 0. The van der Waals surface area contributed by atoms with E-state index in [4.69, 9.17) is 0 Å². The third-order valence-corrected chi connectivity index (χ3v) is 6.91. The Balaban J connectivity index is 1.44. The van der Waals surface area contributed by atoms with Crippen molar-refractivity contribution >= 4 is 27.0 Å². The highest BCUT2D eigenvalue weighted by molar-refractivity contribution is 7.88. The fourth-order valence-corrected chi connectivity index (χ4v) is 4.89. The van der Waals surface area contributed by atoms with Crippen molar-refractivity contribution in [2.45, 2.75) is 31.0 Å². The van der Waals surface area contributed by atoms with Gasteiger partial charge in [0.25, 0.3) is 5.92 Å². The number of para-hydroxylation sites is 2. The maximum Gasteiger partial charge on any atom is 0.262 e. The molecule has 0 radical (unpaired) electrons. The smallest absolute Gasteiger partial charge is 0.262 e. The Morgan fingerprint density at radius 2 is 2.00 bits per heavy atom. The van der Waals surface area contributed by atoms with Crippen LogP contribution in [0.3, 0.4) is 0 Å². The van der Waals surface area contributed by atoms with Crippen LogP contribution in [0.25, 0.3) is 11.0 Å². The Morgan fingerprint density at radius 3 is 2.66 bits per heavy atom. The van der Waals surface area contributed by atoms with Gasteiger partial charge in [-0.15, -0.1) is 0 Å². The Labute approximate surface area is 167 Å². The van der Waals surface area contributed by atoms with Gasteiger partial charge in [-0.2, -0.15) is 4.31 Å². The minimum atomic E-state index is -3.35. The maximum absolute atomic E-state index is 14.1. The summed E-state index contributed by atoms with van der Waals surface area (Å²) in [6.07, 6.45) is 0.513. The van der Waals surface area contributed by atoms with Gasteiger partial charge >= 0.3 is 0 Å². The number of benzene rings is 1. The van der Waals surface area contributed by atoms with E-state index in [0.717, 1.165) is 17.3 Å². The van der Waals surface area contributed by atoms with Crippen LogP contribution >= 0.6 is 0 Å². The predicted molar refractivity (Wildman–Crippen MR) is 103 cm³/mol. The maximum atomic E-state index is 14.1. The molecule has 0 bridgehead atoms. The first-order valence-corrected chi connectivity index (χ1v) is 11.2. The number of hydrogen-bond acceptors (Lipinski definition) is 5. The third-order valence-electron chi connectivity index (χ3n) is 5.68. The van der Waals surface area contributed by atoms with Crippen molar-refractivity contribution in [2.24, 2.45) is 7.05 Å². The number of rotatable bonds is 5.